The zero-order chi connectivity index (χ0) is 17.0. The number of nitrogens with zero attached hydrogens (tertiary/aromatic N) is 1. The molecule has 2 N–H and O–H groups in total. The maximum atomic E-state index is 13.5. The highest BCUT2D eigenvalue weighted by atomic mass is 19.1. The fourth-order valence-electron chi connectivity index (χ4n) is 2.54. The van der Waals surface area contributed by atoms with E-state index in [1.165, 1.54) is 12.1 Å². The zero-order valence-corrected chi connectivity index (χ0v) is 13.9. The van der Waals surface area contributed by atoms with Crippen LogP contribution in [0, 0.1) is 11.2 Å². The predicted octanol–water partition coefficient (Wildman–Crippen LogP) is 1.46. The number of hydrogen-bond donors (Lipinski definition) is 2. The molecule has 1 aromatic rings. The molecule has 1 unspecified atom stereocenters. The Morgan fingerprint density at radius 2 is 2.13 bits per heavy atom. The molecule has 0 spiro atoms. The number of rotatable bonds is 3. The third-order valence-corrected chi connectivity index (χ3v) is 3.88. The molecule has 6 heteroatoms. The Hall–Kier alpha value is -1.95. The van der Waals surface area contributed by atoms with Crippen LogP contribution in [0.4, 0.5) is 4.39 Å². The third-order valence-electron chi connectivity index (χ3n) is 3.88. The van der Waals surface area contributed by atoms with Gasteiger partial charge in [0.2, 0.25) is 11.8 Å². The van der Waals surface area contributed by atoms with Gasteiger partial charge in [0.1, 0.15) is 5.82 Å². The molecule has 1 atom stereocenters. The summed E-state index contributed by atoms with van der Waals surface area (Å²) in [5, 5.41) is 5.90. The van der Waals surface area contributed by atoms with E-state index in [1.54, 1.807) is 31.7 Å². The van der Waals surface area contributed by atoms with Gasteiger partial charge < -0.3 is 15.5 Å². The van der Waals surface area contributed by atoms with Gasteiger partial charge in [0.15, 0.2) is 0 Å². The van der Waals surface area contributed by atoms with E-state index < -0.39 is 5.41 Å². The fraction of sp³-hybridized carbons (Fsp3) is 0.529. The van der Waals surface area contributed by atoms with Gasteiger partial charge in [-0.2, -0.15) is 0 Å². The molecule has 126 valence electrons. The molecule has 23 heavy (non-hydrogen) atoms. The molecule has 5 nitrogen and oxygen atoms in total. The minimum Gasteiger partial charge on any atom is -0.347 e. The van der Waals surface area contributed by atoms with Crippen LogP contribution in [0.5, 0.6) is 0 Å². The molecule has 2 rings (SSSR count). The number of piperazine rings is 1. The van der Waals surface area contributed by atoms with Gasteiger partial charge in [-0.05, 0) is 17.7 Å². The van der Waals surface area contributed by atoms with E-state index in [2.05, 4.69) is 10.6 Å². The van der Waals surface area contributed by atoms with Crippen LogP contribution in [0.25, 0.3) is 0 Å². The Kier molecular flexibility index (Phi) is 5.36. The summed E-state index contributed by atoms with van der Waals surface area (Å²) in [6.45, 7) is 7.15. The topological polar surface area (TPSA) is 61.4 Å². The Morgan fingerprint density at radius 1 is 1.39 bits per heavy atom. The van der Waals surface area contributed by atoms with Crippen molar-refractivity contribution in [2.75, 3.05) is 26.2 Å². The largest absolute Gasteiger partial charge is 0.347 e. The predicted molar refractivity (Wildman–Crippen MR) is 86.2 cm³/mol. The van der Waals surface area contributed by atoms with Gasteiger partial charge in [0.25, 0.3) is 0 Å². The summed E-state index contributed by atoms with van der Waals surface area (Å²) in [5.41, 5.74) is 0.221. The van der Waals surface area contributed by atoms with E-state index in [1.807, 2.05) is 6.07 Å². The second-order valence-electron chi connectivity index (χ2n) is 6.79. The zero-order valence-electron chi connectivity index (χ0n) is 13.9. The lowest BCUT2D eigenvalue weighted by Gasteiger charge is -2.36. The molecule has 0 aromatic heterocycles. The van der Waals surface area contributed by atoms with E-state index >= 15 is 0 Å². The standard InChI is InChI=1S/C17H24FN3O2/c1-17(2,3)16(23)20-11-15(22)21-8-7-19-10-14(21)12-5-4-6-13(18)9-12/h4-6,9,14,19H,7-8,10-11H2,1-3H3,(H,20,23). The number of nitrogens with one attached hydrogen (secondary N) is 2. The van der Waals surface area contributed by atoms with Gasteiger partial charge in [0, 0.05) is 25.0 Å². The molecule has 2 amide bonds. The van der Waals surface area contributed by atoms with Crippen molar-refractivity contribution in [3.05, 3.63) is 35.6 Å². The average Bonchev–Trinajstić information content (AvgIpc) is 2.51. The van der Waals surface area contributed by atoms with Gasteiger partial charge in [0.05, 0.1) is 12.6 Å². The van der Waals surface area contributed by atoms with Gasteiger partial charge >= 0.3 is 0 Å². The summed E-state index contributed by atoms with van der Waals surface area (Å²) in [5.74, 6) is -0.636. The van der Waals surface area contributed by atoms with Crippen LogP contribution >= 0.6 is 0 Å². The van der Waals surface area contributed by atoms with Gasteiger partial charge in [-0.15, -0.1) is 0 Å². The number of hydrogen-bond acceptors (Lipinski definition) is 3. The van der Waals surface area contributed by atoms with E-state index in [-0.39, 0.29) is 30.2 Å². The van der Waals surface area contributed by atoms with Crippen LogP contribution in [0.1, 0.15) is 32.4 Å². The van der Waals surface area contributed by atoms with Crippen molar-refractivity contribution in [1.82, 2.24) is 15.5 Å². The van der Waals surface area contributed by atoms with E-state index in [0.717, 1.165) is 5.56 Å². The monoisotopic (exact) mass is 321 g/mol. The highest BCUT2D eigenvalue weighted by molar-refractivity contribution is 5.87. The van der Waals surface area contributed by atoms with Crippen LogP contribution in [0.15, 0.2) is 24.3 Å². The average molecular weight is 321 g/mol. The normalized spacial score (nSPS) is 18.6. The molecule has 0 radical (unpaired) electrons. The minimum atomic E-state index is -0.536. The van der Waals surface area contributed by atoms with Gasteiger partial charge in [-0.25, -0.2) is 4.39 Å². The molecule has 1 fully saturated rings. The molecule has 0 aliphatic carbocycles. The number of benzene rings is 1. The summed E-state index contributed by atoms with van der Waals surface area (Å²) in [6, 6.07) is 6.07. The molecule has 1 aliphatic heterocycles. The van der Waals surface area contributed by atoms with Crippen LogP contribution in [0.3, 0.4) is 0 Å². The fourth-order valence-corrected chi connectivity index (χ4v) is 2.54. The van der Waals surface area contributed by atoms with Crippen LogP contribution in [0.2, 0.25) is 0 Å². The molecule has 1 aliphatic rings. The van der Waals surface area contributed by atoms with Crippen molar-refractivity contribution in [3.8, 4) is 0 Å². The van der Waals surface area contributed by atoms with Crippen molar-refractivity contribution in [3.63, 3.8) is 0 Å². The van der Waals surface area contributed by atoms with Crippen LogP contribution in [-0.2, 0) is 9.59 Å². The first-order valence-corrected chi connectivity index (χ1v) is 7.83. The summed E-state index contributed by atoms with van der Waals surface area (Å²) < 4.78 is 13.5. The molecule has 1 aromatic carbocycles. The Bertz CT molecular complexity index is 583. The summed E-state index contributed by atoms with van der Waals surface area (Å²) in [4.78, 5) is 26.1. The quantitative estimate of drug-likeness (QED) is 0.886. The molecular formula is C17H24FN3O2. The van der Waals surface area contributed by atoms with Crippen LogP contribution < -0.4 is 10.6 Å². The maximum absolute atomic E-state index is 13.5. The molecule has 1 saturated heterocycles. The highest BCUT2D eigenvalue weighted by Gasteiger charge is 2.29. The third kappa shape index (κ3) is 4.51. The number of carbonyl (C=O) groups is 2. The second kappa shape index (κ2) is 7.08. The summed E-state index contributed by atoms with van der Waals surface area (Å²) in [7, 11) is 0. The number of carbonyl (C=O) groups excluding carboxylic acids is 2. The van der Waals surface area contributed by atoms with E-state index in [9.17, 15) is 14.0 Å². The first-order valence-electron chi connectivity index (χ1n) is 7.83. The molecular weight excluding hydrogens is 297 g/mol. The Labute approximate surface area is 136 Å². The van der Waals surface area contributed by atoms with Crippen molar-refractivity contribution in [1.29, 1.82) is 0 Å². The van der Waals surface area contributed by atoms with E-state index in [0.29, 0.717) is 19.6 Å². The first-order chi connectivity index (χ1) is 10.8. The minimum absolute atomic E-state index is 0.0398. The first kappa shape index (κ1) is 17.4. The van der Waals surface area contributed by atoms with Crippen molar-refractivity contribution in [2.24, 2.45) is 5.41 Å². The molecule has 1 heterocycles. The van der Waals surface area contributed by atoms with Gasteiger partial charge in [-0.3, -0.25) is 9.59 Å². The lowest BCUT2D eigenvalue weighted by atomic mass is 9.96. The Balaban J connectivity index is 2.06. The molecule has 0 saturated carbocycles. The smallest absolute Gasteiger partial charge is 0.242 e. The lowest BCUT2D eigenvalue weighted by molar-refractivity contribution is -0.137. The summed E-state index contributed by atoms with van der Waals surface area (Å²) in [6.07, 6.45) is 0. The second-order valence-corrected chi connectivity index (χ2v) is 6.79. The van der Waals surface area contributed by atoms with Crippen molar-refractivity contribution >= 4 is 11.8 Å². The Morgan fingerprint density at radius 3 is 2.78 bits per heavy atom. The maximum Gasteiger partial charge on any atom is 0.242 e. The van der Waals surface area contributed by atoms with Crippen molar-refractivity contribution in [2.45, 2.75) is 26.8 Å². The molecule has 0 bridgehead atoms. The SMILES string of the molecule is CC(C)(C)C(=O)NCC(=O)N1CCNCC1c1cccc(F)c1. The van der Waals surface area contributed by atoms with Crippen LogP contribution in [-0.4, -0.2) is 42.9 Å². The number of halogens is 1. The van der Waals surface area contributed by atoms with Gasteiger partial charge in [-0.1, -0.05) is 32.9 Å². The lowest BCUT2D eigenvalue weighted by Crippen LogP contribution is -2.52. The van der Waals surface area contributed by atoms with Crippen molar-refractivity contribution < 1.29 is 14.0 Å². The number of amides is 2. The summed E-state index contributed by atoms with van der Waals surface area (Å²) >= 11 is 0. The van der Waals surface area contributed by atoms with E-state index in [4.69, 9.17) is 0 Å². The highest BCUT2D eigenvalue weighted by Crippen LogP contribution is 2.23.